The first-order valence-electron chi connectivity index (χ1n) is 10.1. The van der Waals surface area contributed by atoms with Gasteiger partial charge in [-0.3, -0.25) is 0 Å². The van der Waals surface area contributed by atoms with Gasteiger partial charge in [0.15, 0.2) is 0 Å². The molecule has 0 saturated carbocycles. The molecule has 3 rings (SSSR count). The van der Waals surface area contributed by atoms with Crippen LogP contribution in [0.2, 0.25) is 0 Å². The van der Waals surface area contributed by atoms with E-state index in [4.69, 9.17) is 9.47 Å². The van der Waals surface area contributed by atoms with Crippen LogP contribution in [0.5, 0.6) is 5.75 Å². The third-order valence-electron chi connectivity index (χ3n) is 6.01. The van der Waals surface area contributed by atoms with Crippen LogP contribution in [0, 0.1) is 5.92 Å². The molecule has 0 aliphatic carbocycles. The second-order valence-electron chi connectivity index (χ2n) is 8.42. The fourth-order valence-electron chi connectivity index (χ4n) is 4.58. The average molecular weight is 419 g/mol. The third kappa shape index (κ3) is 5.73. The van der Waals surface area contributed by atoms with Crippen molar-refractivity contribution in [3.8, 4) is 5.75 Å². The van der Waals surface area contributed by atoms with Crippen molar-refractivity contribution in [2.24, 2.45) is 5.92 Å². The van der Waals surface area contributed by atoms with Gasteiger partial charge in [0, 0.05) is 37.6 Å². The fourth-order valence-corrected chi connectivity index (χ4v) is 4.58. The summed E-state index contributed by atoms with van der Waals surface area (Å²) in [5.74, 6) is 0.987. The molecule has 2 aromatic carbocycles. The summed E-state index contributed by atoms with van der Waals surface area (Å²) in [5, 5.41) is 13.9. The van der Waals surface area contributed by atoms with E-state index in [1.807, 2.05) is 12.1 Å². The van der Waals surface area contributed by atoms with Crippen molar-refractivity contribution < 1.29 is 27.0 Å². The zero-order chi connectivity index (χ0) is 20.0. The van der Waals surface area contributed by atoms with E-state index in [1.54, 1.807) is 7.11 Å². The van der Waals surface area contributed by atoms with Crippen LogP contribution in [0.1, 0.15) is 37.8 Å². The van der Waals surface area contributed by atoms with Gasteiger partial charge in [-0.25, -0.2) is 0 Å². The third-order valence-corrected chi connectivity index (χ3v) is 6.01. The molecule has 2 aromatic rings. The number of hydrogen-bond donors (Lipinski definition) is 2. The van der Waals surface area contributed by atoms with Gasteiger partial charge in [0.2, 0.25) is 0 Å². The summed E-state index contributed by atoms with van der Waals surface area (Å²) < 4.78 is 11.2. The SMILES string of the molecule is COc1ccc(CNCC(CO)C2(c3ccccc3)CCOC(C)(C)C2)cc1.[Cl-]. The molecule has 1 saturated heterocycles. The van der Waals surface area contributed by atoms with Gasteiger partial charge in [0.05, 0.1) is 12.7 Å². The second kappa shape index (κ2) is 10.4. The molecule has 1 aliphatic heterocycles. The molecule has 0 spiro atoms. The number of halogens is 1. The quantitative estimate of drug-likeness (QED) is 0.669. The van der Waals surface area contributed by atoms with E-state index >= 15 is 0 Å². The number of ether oxygens (including phenoxy) is 2. The summed E-state index contributed by atoms with van der Waals surface area (Å²) in [7, 11) is 1.68. The molecule has 4 nitrogen and oxygen atoms in total. The summed E-state index contributed by atoms with van der Waals surface area (Å²) >= 11 is 0. The van der Waals surface area contributed by atoms with Crippen LogP contribution in [-0.2, 0) is 16.7 Å². The topological polar surface area (TPSA) is 50.7 Å². The molecule has 0 radical (unpaired) electrons. The van der Waals surface area contributed by atoms with Gasteiger partial charge in [-0.2, -0.15) is 0 Å². The van der Waals surface area contributed by atoms with Crippen LogP contribution in [0.4, 0.5) is 0 Å². The van der Waals surface area contributed by atoms with E-state index in [1.165, 1.54) is 11.1 Å². The number of rotatable bonds is 8. The van der Waals surface area contributed by atoms with Crippen molar-refractivity contribution in [3.63, 3.8) is 0 Å². The largest absolute Gasteiger partial charge is 1.00 e. The normalized spacial score (nSPS) is 21.8. The molecule has 2 atom stereocenters. The highest BCUT2D eigenvalue weighted by Gasteiger charge is 2.46. The minimum atomic E-state index is -0.197. The molecule has 2 N–H and O–H groups in total. The van der Waals surface area contributed by atoms with E-state index < -0.39 is 0 Å². The molecule has 0 amide bonds. The summed E-state index contributed by atoms with van der Waals surface area (Å²) in [6.07, 6.45) is 1.83. The number of benzene rings is 2. The van der Waals surface area contributed by atoms with Gasteiger partial charge in [0.25, 0.3) is 0 Å². The predicted octanol–water partition coefficient (Wildman–Crippen LogP) is 0.924. The minimum absolute atomic E-state index is 0. The molecular formula is C24H33ClNO3-. The van der Waals surface area contributed by atoms with E-state index in [-0.39, 0.29) is 35.9 Å². The van der Waals surface area contributed by atoms with Crippen LogP contribution in [0.25, 0.3) is 0 Å². The molecule has 1 aliphatic rings. The van der Waals surface area contributed by atoms with E-state index in [9.17, 15) is 5.11 Å². The van der Waals surface area contributed by atoms with Crippen molar-refractivity contribution in [1.29, 1.82) is 0 Å². The Hall–Kier alpha value is -1.59. The van der Waals surface area contributed by atoms with Crippen molar-refractivity contribution >= 4 is 0 Å². The van der Waals surface area contributed by atoms with Gasteiger partial charge in [-0.15, -0.1) is 0 Å². The lowest BCUT2D eigenvalue weighted by Gasteiger charge is -2.49. The Balaban J connectivity index is 0.00000300. The molecular weight excluding hydrogens is 386 g/mol. The lowest BCUT2D eigenvalue weighted by Crippen LogP contribution is -3.00. The molecule has 29 heavy (non-hydrogen) atoms. The summed E-state index contributed by atoms with van der Waals surface area (Å²) in [6, 6.07) is 18.8. The zero-order valence-corrected chi connectivity index (χ0v) is 18.4. The molecule has 1 heterocycles. The number of nitrogens with one attached hydrogen (secondary N) is 1. The predicted molar refractivity (Wildman–Crippen MR) is 113 cm³/mol. The number of hydrogen-bond acceptors (Lipinski definition) is 4. The monoisotopic (exact) mass is 418 g/mol. The highest BCUT2D eigenvalue weighted by Crippen LogP contribution is 2.46. The molecule has 5 heteroatoms. The fraction of sp³-hybridized carbons (Fsp3) is 0.500. The molecule has 1 fully saturated rings. The van der Waals surface area contributed by atoms with Crippen LogP contribution in [-0.4, -0.2) is 37.6 Å². The summed E-state index contributed by atoms with van der Waals surface area (Å²) in [6.45, 7) is 6.71. The highest BCUT2D eigenvalue weighted by atomic mass is 35.5. The van der Waals surface area contributed by atoms with E-state index in [2.05, 4.69) is 61.6 Å². The lowest BCUT2D eigenvalue weighted by molar-refractivity contribution is -0.0991. The number of methoxy groups -OCH3 is 1. The van der Waals surface area contributed by atoms with E-state index in [0.717, 1.165) is 38.3 Å². The van der Waals surface area contributed by atoms with Gasteiger partial charge >= 0.3 is 0 Å². The van der Waals surface area contributed by atoms with Gasteiger partial charge < -0.3 is 32.3 Å². The molecule has 160 valence electrons. The second-order valence-corrected chi connectivity index (χ2v) is 8.42. The Kier molecular flexibility index (Phi) is 8.53. The van der Waals surface area contributed by atoms with Crippen LogP contribution < -0.4 is 22.5 Å². The first-order valence-corrected chi connectivity index (χ1v) is 10.1. The Morgan fingerprint density at radius 1 is 1.10 bits per heavy atom. The van der Waals surface area contributed by atoms with Crippen molar-refractivity contribution in [2.45, 2.75) is 44.2 Å². The maximum atomic E-state index is 10.3. The average Bonchev–Trinajstić information content (AvgIpc) is 2.71. The Labute approximate surface area is 181 Å². The number of aliphatic hydroxyl groups excluding tert-OH is 1. The molecule has 0 aromatic heterocycles. The van der Waals surface area contributed by atoms with Gasteiger partial charge in [-0.1, -0.05) is 42.5 Å². The van der Waals surface area contributed by atoms with Crippen molar-refractivity contribution in [1.82, 2.24) is 5.32 Å². The Morgan fingerprint density at radius 3 is 2.38 bits per heavy atom. The summed E-state index contributed by atoms with van der Waals surface area (Å²) in [4.78, 5) is 0. The van der Waals surface area contributed by atoms with Crippen molar-refractivity contribution in [2.75, 3.05) is 26.9 Å². The first-order chi connectivity index (χ1) is 13.5. The van der Waals surface area contributed by atoms with E-state index in [0.29, 0.717) is 0 Å². The first kappa shape index (κ1) is 23.7. The maximum absolute atomic E-state index is 10.3. The molecule has 0 bridgehead atoms. The van der Waals surface area contributed by atoms with Crippen molar-refractivity contribution in [3.05, 3.63) is 65.7 Å². The van der Waals surface area contributed by atoms with Gasteiger partial charge in [0.1, 0.15) is 5.75 Å². The van der Waals surface area contributed by atoms with Gasteiger partial charge in [-0.05, 0) is 49.9 Å². The Bertz CT molecular complexity index is 736. The zero-order valence-electron chi connectivity index (χ0n) is 17.7. The standard InChI is InChI=1S/C24H33NO3.ClH/c1-23(2)18-24(13-14-28-23,20-7-5-4-6-8-20)21(17-26)16-25-15-19-9-11-22(27-3)12-10-19;/h4-12,21,25-26H,13-18H2,1-3H3;1H/p-1. The minimum Gasteiger partial charge on any atom is -1.00 e. The number of aliphatic hydroxyl groups is 1. The molecule has 2 unspecified atom stereocenters. The lowest BCUT2D eigenvalue weighted by atomic mass is 9.62. The highest BCUT2D eigenvalue weighted by molar-refractivity contribution is 5.29. The maximum Gasteiger partial charge on any atom is 0.118 e. The Morgan fingerprint density at radius 2 is 1.79 bits per heavy atom. The summed E-state index contributed by atoms with van der Waals surface area (Å²) in [5.41, 5.74) is 2.22. The smallest absolute Gasteiger partial charge is 0.118 e. The van der Waals surface area contributed by atoms with Crippen LogP contribution >= 0.6 is 0 Å². The van der Waals surface area contributed by atoms with Crippen LogP contribution in [0.3, 0.4) is 0 Å². The van der Waals surface area contributed by atoms with Crippen LogP contribution in [0.15, 0.2) is 54.6 Å².